The van der Waals surface area contributed by atoms with Gasteiger partial charge in [0.25, 0.3) is 0 Å². The molecule has 0 rings (SSSR count). The molecule has 0 aliphatic rings. The molecule has 0 spiro atoms. The van der Waals surface area contributed by atoms with E-state index in [1.807, 2.05) is 0 Å². The molecule has 11 N–H and O–H groups in total. The van der Waals surface area contributed by atoms with Gasteiger partial charge in [-0.05, 0) is 63.6 Å². The van der Waals surface area contributed by atoms with Gasteiger partial charge in [0.05, 0.1) is 25.3 Å². The molecule has 3 atom stereocenters. The molecule has 0 saturated heterocycles. The smallest absolute Gasteiger partial charge is 0.242 e. The quantitative estimate of drug-likeness (QED) is 0.0389. The molecule has 0 aromatic rings. The Kier molecular flexibility index (Phi) is 21.4. The Balaban J connectivity index is 4.57. The highest BCUT2D eigenvalue weighted by Crippen LogP contribution is 2.05. The number of nitrogens with one attached hydrogen (secondary N) is 3. The first kappa shape index (κ1) is 33.5. The lowest BCUT2D eigenvalue weighted by atomic mass is 10.1. The minimum absolute atomic E-state index is 0.209. The number of hydrogen-bond donors (Lipinski definition) is 7. The molecule has 0 unspecified atom stereocenters. The van der Waals surface area contributed by atoms with Crippen molar-refractivity contribution in [2.24, 2.45) is 28.0 Å². The van der Waals surface area contributed by atoms with E-state index in [0.717, 1.165) is 25.7 Å². The van der Waals surface area contributed by atoms with Gasteiger partial charge in [0.1, 0.15) is 6.04 Å². The van der Waals surface area contributed by atoms with E-state index in [4.69, 9.17) is 33.2 Å². The maximum Gasteiger partial charge on any atom is 0.242 e. The third-order valence-electron chi connectivity index (χ3n) is 5.41. The van der Waals surface area contributed by atoms with Crippen molar-refractivity contribution in [3.63, 3.8) is 0 Å². The maximum absolute atomic E-state index is 12.7. The van der Waals surface area contributed by atoms with Gasteiger partial charge in [0, 0.05) is 24.5 Å². The molecular formula is C22H46N10O4. The Bertz CT molecular complexity index is 661. The molecule has 14 heteroatoms. The van der Waals surface area contributed by atoms with Crippen molar-refractivity contribution in [3.8, 4) is 0 Å². The first-order valence-electron chi connectivity index (χ1n) is 12.7. The van der Waals surface area contributed by atoms with E-state index >= 15 is 0 Å². The highest BCUT2D eigenvalue weighted by molar-refractivity contribution is 5.89. The summed E-state index contributed by atoms with van der Waals surface area (Å²) >= 11 is 0. The first-order valence-corrected chi connectivity index (χ1v) is 12.7. The average molecular weight is 515 g/mol. The van der Waals surface area contributed by atoms with Crippen LogP contribution in [0.25, 0.3) is 10.4 Å². The lowest BCUT2D eigenvalue weighted by Crippen LogP contribution is -2.52. The summed E-state index contributed by atoms with van der Waals surface area (Å²) in [7, 11) is 0. The van der Waals surface area contributed by atoms with E-state index in [0.29, 0.717) is 51.7 Å². The lowest BCUT2D eigenvalue weighted by molar-refractivity contribution is -0.130. The minimum Gasteiger partial charge on any atom is -0.379 e. The Morgan fingerprint density at radius 3 is 1.97 bits per heavy atom. The zero-order chi connectivity index (χ0) is 27.0. The van der Waals surface area contributed by atoms with Gasteiger partial charge >= 0.3 is 0 Å². The molecule has 0 aromatic heterocycles. The summed E-state index contributed by atoms with van der Waals surface area (Å²) in [6.07, 6.45) is 5.77. The molecule has 36 heavy (non-hydrogen) atoms. The van der Waals surface area contributed by atoms with Crippen LogP contribution in [0.2, 0.25) is 0 Å². The number of rotatable bonds is 23. The van der Waals surface area contributed by atoms with E-state index in [1.54, 1.807) is 0 Å². The number of hydrogen-bond acceptors (Lipinski definition) is 9. The van der Waals surface area contributed by atoms with Crippen LogP contribution in [0, 0.1) is 0 Å². The van der Waals surface area contributed by atoms with E-state index in [-0.39, 0.29) is 38.1 Å². The molecule has 0 heterocycles. The number of azide groups is 1. The van der Waals surface area contributed by atoms with Crippen LogP contribution in [0.3, 0.4) is 0 Å². The van der Waals surface area contributed by atoms with Crippen molar-refractivity contribution >= 4 is 17.7 Å². The Hall–Kier alpha value is -2.48. The molecule has 0 aromatic carbocycles. The topological polar surface area (TPSA) is 249 Å². The fraction of sp³-hybridized carbons (Fsp3) is 0.864. The largest absolute Gasteiger partial charge is 0.379 e. The normalized spacial score (nSPS) is 13.2. The molecule has 0 saturated carbocycles. The molecule has 3 amide bonds. The van der Waals surface area contributed by atoms with Crippen molar-refractivity contribution in [2.45, 2.75) is 75.9 Å². The van der Waals surface area contributed by atoms with E-state index in [1.165, 1.54) is 0 Å². The second-order valence-corrected chi connectivity index (χ2v) is 8.49. The molecule has 0 aliphatic heterocycles. The molecule has 208 valence electrons. The molecule has 0 fully saturated rings. The predicted molar refractivity (Wildman–Crippen MR) is 138 cm³/mol. The van der Waals surface area contributed by atoms with Gasteiger partial charge in [-0.3, -0.25) is 14.4 Å². The van der Waals surface area contributed by atoms with E-state index < -0.39 is 24.0 Å². The predicted octanol–water partition coefficient (Wildman–Crippen LogP) is -0.887. The van der Waals surface area contributed by atoms with Crippen LogP contribution in [-0.2, 0) is 19.1 Å². The zero-order valence-corrected chi connectivity index (χ0v) is 21.3. The zero-order valence-electron chi connectivity index (χ0n) is 21.3. The summed E-state index contributed by atoms with van der Waals surface area (Å²) in [4.78, 5) is 39.9. The molecule has 0 bridgehead atoms. The van der Waals surface area contributed by atoms with E-state index in [9.17, 15) is 14.4 Å². The number of nitrogens with two attached hydrogens (primary N) is 4. The van der Waals surface area contributed by atoms with Gasteiger partial charge in [-0.15, -0.1) is 0 Å². The number of unbranched alkanes of at least 4 members (excludes halogenated alkanes) is 3. The van der Waals surface area contributed by atoms with Gasteiger partial charge < -0.3 is 43.6 Å². The summed E-state index contributed by atoms with van der Waals surface area (Å²) in [5.74, 6) is -0.949. The Morgan fingerprint density at radius 1 is 0.778 bits per heavy atom. The molecule has 0 radical (unpaired) electrons. The van der Waals surface area contributed by atoms with Crippen LogP contribution in [0.4, 0.5) is 0 Å². The second kappa shape index (κ2) is 23.0. The Labute approximate surface area is 213 Å². The highest BCUT2D eigenvalue weighted by Gasteiger charge is 2.23. The van der Waals surface area contributed by atoms with Crippen LogP contribution in [-0.4, -0.2) is 81.8 Å². The van der Waals surface area contributed by atoms with Gasteiger partial charge in [-0.2, -0.15) is 0 Å². The first-order chi connectivity index (χ1) is 17.4. The van der Waals surface area contributed by atoms with Gasteiger partial charge in [0.2, 0.25) is 17.7 Å². The third-order valence-corrected chi connectivity index (χ3v) is 5.41. The molecule has 0 aliphatic carbocycles. The van der Waals surface area contributed by atoms with Crippen molar-refractivity contribution in [3.05, 3.63) is 10.4 Å². The number of amides is 3. The summed E-state index contributed by atoms with van der Waals surface area (Å²) in [6.45, 7) is 2.46. The fourth-order valence-electron chi connectivity index (χ4n) is 3.26. The lowest BCUT2D eigenvalue weighted by Gasteiger charge is -2.21. The number of nitrogens with zero attached hydrogens (tertiary/aromatic N) is 3. The SMILES string of the molecule is [N-]=[N+]=NCCOCCNC(=O)[C@H](CCCCNC(=O)[C@@H](N)CCCCN)NC(=O)[C@@H](N)CCCCN. The number of carbonyl (C=O) groups is 3. The summed E-state index contributed by atoms with van der Waals surface area (Å²) in [5, 5.41) is 11.6. The van der Waals surface area contributed by atoms with Gasteiger partial charge in [-0.1, -0.05) is 18.0 Å². The van der Waals surface area contributed by atoms with Crippen molar-refractivity contribution in [1.82, 2.24) is 16.0 Å². The summed E-state index contributed by atoms with van der Waals surface area (Å²) < 4.78 is 5.27. The van der Waals surface area contributed by atoms with Crippen LogP contribution in [0.15, 0.2) is 5.11 Å². The third kappa shape index (κ3) is 17.9. The van der Waals surface area contributed by atoms with Crippen LogP contribution in [0.1, 0.15) is 57.8 Å². The number of ether oxygens (including phenoxy) is 1. The Morgan fingerprint density at radius 2 is 1.36 bits per heavy atom. The highest BCUT2D eigenvalue weighted by atomic mass is 16.5. The minimum atomic E-state index is -0.768. The van der Waals surface area contributed by atoms with Crippen molar-refractivity contribution in [2.75, 3.05) is 45.9 Å². The number of carbonyl (C=O) groups excluding carboxylic acids is 3. The summed E-state index contributed by atoms with van der Waals surface area (Å²) in [6, 6.07) is -2.06. The van der Waals surface area contributed by atoms with Gasteiger partial charge in [-0.25, -0.2) is 0 Å². The molecule has 14 nitrogen and oxygen atoms in total. The fourth-order valence-corrected chi connectivity index (χ4v) is 3.26. The monoisotopic (exact) mass is 514 g/mol. The second-order valence-electron chi connectivity index (χ2n) is 8.49. The van der Waals surface area contributed by atoms with Crippen molar-refractivity contribution < 1.29 is 19.1 Å². The van der Waals surface area contributed by atoms with Gasteiger partial charge in [0.15, 0.2) is 0 Å². The maximum atomic E-state index is 12.7. The average Bonchev–Trinajstić information content (AvgIpc) is 2.86. The summed E-state index contributed by atoms with van der Waals surface area (Å²) in [5.41, 5.74) is 31.0. The van der Waals surface area contributed by atoms with Crippen LogP contribution in [0.5, 0.6) is 0 Å². The standard InChI is InChI=1S/C22H46N10O4/c23-10-4-1-7-17(25)20(33)28-12-6-3-9-19(31-21(34)18(26)8-2-5-11-24)22(35)29-13-15-36-16-14-30-32-27/h17-19H,1-16,23-26H2,(H,28,33)(H,29,35)(H,31,34)/t17-,18-,19-/m0/s1. The van der Waals surface area contributed by atoms with E-state index in [2.05, 4.69) is 26.0 Å². The van der Waals surface area contributed by atoms with Crippen molar-refractivity contribution in [1.29, 1.82) is 0 Å². The van der Waals surface area contributed by atoms with Crippen LogP contribution >= 0.6 is 0 Å². The van der Waals surface area contributed by atoms with Crippen LogP contribution < -0.4 is 38.9 Å². The molecular weight excluding hydrogens is 468 g/mol.